The molecule has 0 aromatic carbocycles. The molecule has 1 aliphatic rings. The maximum absolute atomic E-state index is 11.6. The molecule has 0 spiro atoms. The Morgan fingerprint density at radius 1 is 1.58 bits per heavy atom. The van der Waals surface area contributed by atoms with Gasteiger partial charge in [-0.2, -0.15) is 0 Å². The first kappa shape index (κ1) is 13.3. The minimum atomic E-state index is -1.25. The number of ether oxygens (including phenoxy) is 1. The van der Waals surface area contributed by atoms with Gasteiger partial charge in [0.05, 0.1) is 12.7 Å². The Morgan fingerprint density at radius 2 is 2.32 bits per heavy atom. The van der Waals surface area contributed by atoms with Gasteiger partial charge in [0, 0.05) is 17.2 Å². The molecular weight excluding hydrogens is 258 g/mol. The molecule has 0 radical (unpaired) electrons. The second-order valence-electron chi connectivity index (χ2n) is 3.95. The standard InChI is InChI=1S/C9H11N5O5/c10-13-12-6-7(17)4(3-15)19-8(6)14-2-1-5(16)11-9(14)18/h1-2,4,6-8,15,17H,3H2,(H,11,16,18)/t4-,6-,7+,8-/m0/s1. The van der Waals surface area contributed by atoms with E-state index >= 15 is 0 Å². The Balaban J connectivity index is 2.44. The number of aromatic nitrogens is 2. The van der Waals surface area contributed by atoms with Crippen LogP contribution in [0, 0.1) is 0 Å². The van der Waals surface area contributed by atoms with Crippen molar-refractivity contribution in [1.82, 2.24) is 9.55 Å². The fourth-order valence-electron chi connectivity index (χ4n) is 1.92. The first-order valence-electron chi connectivity index (χ1n) is 5.38. The largest absolute Gasteiger partial charge is 0.394 e. The smallest absolute Gasteiger partial charge is 0.330 e. The molecule has 10 heteroatoms. The Morgan fingerprint density at radius 3 is 2.89 bits per heavy atom. The number of H-pyrrole nitrogens is 1. The van der Waals surface area contributed by atoms with Crippen LogP contribution in [0.4, 0.5) is 0 Å². The van der Waals surface area contributed by atoms with Gasteiger partial charge in [-0.1, -0.05) is 5.11 Å². The second-order valence-corrected chi connectivity index (χ2v) is 3.95. The topological polar surface area (TPSA) is 153 Å². The van der Waals surface area contributed by atoms with Crippen LogP contribution in [0.3, 0.4) is 0 Å². The van der Waals surface area contributed by atoms with Crippen molar-refractivity contribution in [3.05, 3.63) is 43.5 Å². The number of rotatable bonds is 3. The van der Waals surface area contributed by atoms with Gasteiger partial charge >= 0.3 is 5.69 Å². The number of nitrogens with zero attached hydrogens (tertiary/aromatic N) is 4. The summed E-state index contributed by atoms with van der Waals surface area (Å²) in [6, 6.07) is 0.0158. The number of nitrogens with one attached hydrogen (secondary N) is 1. The Kier molecular flexibility index (Phi) is 3.67. The highest BCUT2D eigenvalue weighted by atomic mass is 16.5. The molecule has 0 saturated carbocycles. The van der Waals surface area contributed by atoms with Gasteiger partial charge in [-0.05, 0) is 5.53 Å². The van der Waals surface area contributed by atoms with Crippen molar-refractivity contribution in [2.24, 2.45) is 5.11 Å². The van der Waals surface area contributed by atoms with E-state index in [4.69, 9.17) is 15.4 Å². The molecule has 2 heterocycles. The summed E-state index contributed by atoms with van der Waals surface area (Å²) in [6.07, 6.45) is -2.14. The average Bonchev–Trinajstić information content (AvgIpc) is 2.68. The minimum Gasteiger partial charge on any atom is -0.394 e. The van der Waals surface area contributed by atoms with Crippen LogP contribution in [0.2, 0.25) is 0 Å². The van der Waals surface area contributed by atoms with Crippen molar-refractivity contribution in [1.29, 1.82) is 0 Å². The maximum Gasteiger partial charge on any atom is 0.330 e. The van der Waals surface area contributed by atoms with Crippen molar-refractivity contribution >= 4 is 0 Å². The Bertz CT molecular complexity index is 618. The predicted molar refractivity (Wildman–Crippen MR) is 61.3 cm³/mol. The molecule has 1 aromatic rings. The molecule has 0 aliphatic carbocycles. The van der Waals surface area contributed by atoms with Gasteiger partial charge in [0.25, 0.3) is 5.56 Å². The van der Waals surface area contributed by atoms with Crippen molar-refractivity contribution in [3.8, 4) is 0 Å². The number of hydrogen-bond acceptors (Lipinski definition) is 6. The molecular formula is C9H11N5O5. The zero-order chi connectivity index (χ0) is 14.0. The highest BCUT2D eigenvalue weighted by molar-refractivity contribution is 4.96. The first-order chi connectivity index (χ1) is 9.08. The van der Waals surface area contributed by atoms with E-state index < -0.39 is 42.3 Å². The molecule has 1 saturated heterocycles. The van der Waals surface area contributed by atoms with Crippen LogP contribution < -0.4 is 11.2 Å². The highest BCUT2D eigenvalue weighted by Crippen LogP contribution is 2.30. The van der Waals surface area contributed by atoms with Crippen LogP contribution in [-0.4, -0.2) is 44.6 Å². The zero-order valence-corrected chi connectivity index (χ0v) is 9.58. The third-order valence-electron chi connectivity index (χ3n) is 2.83. The summed E-state index contributed by atoms with van der Waals surface area (Å²) in [5, 5.41) is 22.2. The van der Waals surface area contributed by atoms with E-state index in [1.807, 2.05) is 4.98 Å². The van der Waals surface area contributed by atoms with Gasteiger partial charge in [0.15, 0.2) is 0 Å². The highest BCUT2D eigenvalue weighted by Gasteiger charge is 2.44. The number of aliphatic hydroxyl groups is 2. The molecule has 102 valence electrons. The summed E-state index contributed by atoms with van der Waals surface area (Å²) in [6.45, 7) is -0.493. The number of hydrogen-bond donors (Lipinski definition) is 3. The molecule has 0 bridgehead atoms. The molecule has 3 N–H and O–H groups in total. The van der Waals surface area contributed by atoms with Gasteiger partial charge in [0.2, 0.25) is 0 Å². The van der Waals surface area contributed by atoms with Gasteiger partial charge in [0.1, 0.15) is 18.4 Å². The van der Waals surface area contributed by atoms with E-state index in [2.05, 4.69) is 10.0 Å². The second kappa shape index (κ2) is 5.24. The third kappa shape index (κ3) is 2.37. The lowest BCUT2D eigenvalue weighted by Gasteiger charge is -2.17. The van der Waals surface area contributed by atoms with E-state index in [-0.39, 0.29) is 0 Å². The van der Waals surface area contributed by atoms with Crippen LogP contribution in [0.1, 0.15) is 6.23 Å². The maximum atomic E-state index is 11.6. The fourth-order valence-corrected chi connectivity index (χ4v) is 1.92. The molecule has 1 aliphatic heterocycles. The molecule has 19 heavy (non-hydrogen) atoms. The molecule has 0 unspecified atom stereocenters. The molecule has 10 nitrogen and oxygen atoms in total. The molecule has 1 fully saturated rings. The van der Waals surface area contributed by atoms with Crippen LogP contribution in [0.5, 0.6) is 0 Å². The first-order valence-corrected chi connectivity index (χ1v) is 5.38. The summed E-state index contributed by atoms with van der Waals surface area (Å²) in [4.78, 5) is 27.2. The third-order valence-corrected chi connectivity index (χ3v) is 2.83. The average molecular weight is 269 g/mol. The summed E-state index contributed by atoms with van der Waals surface area (Å²) >= 11 is 0. The van der Waals surface area contributed by atoms with Crippen LogP contribution in [-0.2, 0) is 4.74 Å². The van der Waals surface area contributed by atoms with Crippen molar-refractivity contribution in [3.63, 3.8) is 0 Å². The van der Waals surface area contributed by atoms with Gasteiger partial charge < -0.3 is 14.9 Å². The van der Waals surface area contributed by atoms with Gasteiger partial charge in [-0.15, -0.1) is 0 Å². The van der Waals surface area contributed by atoms with Gasteiger partial charge in [-0.25, -0.2) is 4.79 Å². The lowest BCUT2D eigenvalue weighted by molar-refractivity contribution is -0.0464. The van der Waals surface area contributed by atoms with Crippen molar-refractivity contribution in [2.75, 3.05) is 6.61 Å². The van der Waals surface area contributed by atoms with Crippen molar-refractivity contribution in [2.45, 2.75) is 24.5 Å². The summed E-state index contributed by atoms with van der Waals surface area (Å²) in [5.41, 5.74) is 7.12. The van der Waals surface area contributed by atoms with Gasteiger partial charge in [-0.3, -0.25) is 14.3 Å². The Labute approximate surface area is 105 Å². The van der Waals surface area contributed by atoms with Crippen molar-refractivity contribution < 1.29 is 14.9 Å². The Hall–Kier alpha value is -2.13. The summed E-state index contributed by atoms with van der Waals surface area (Å²) < 4.78 is 6.26. The quantitative estimate of drug-likeness (QED) is 0.345. The van der Waals surface area contributed by atoms with E-state index in [0.29, 0.717) is 0 Å². The normalized spacial score (nSPS) is 30.0. The van der Waals surface area contributed by atoms with E-state index in [0.717, 1.165) is 16.8 Å². The minimum absolute atomic E-state index is 0.493. The monoisotopic (exact) mass is 269 g/mol. The lowest BCUT2D eigenvalue weighted by atomic mass is 10.1. The number of aromatic amines is 1. The molecule has 4 atom stereocenters. The van der Waals surface area contributed by atoms with E-state index in [1.165, 1.54) is 0 Å². The SMILES string of the molecule is [N-]=[N+]=N[C@H]1[C@H](O)[C@H](CO)O[C@@H]1n1ccc(=O)[nH]c1=O. The molecule has 1 aromatic heterocycles. The number of aliphatic hydroxyl groups excluding tert-OH is 2. The zero-order valence-electron chi connectivity index (χ0n) is 9.58. The van der Waals surface area contributed by atoms with E-state index in [1.54, 1.807) is 0 Å². The summed E-state index contributed by atoms with van der Waals surface area (Å²) in [7, 11) is 0. The van der Waals surface area contributed by atoms with Crippen LogP contribution in [0.25, 0.3) is 10.4 Å². The fraction of sp³-hybridized carbons (Fsp3) is 0.556. The van der Waals surface area contributed by atoms with Crippen LogP contribution >= 0.6 is 0 Å². The predicted octanol–water partition coefficient (Wildman–Crippen LogP) is -1.53. The molecule has 0 amide bonds. The van der Waals surface area contributed by atoms with Crippen LogP contribution in [0.15, 0.2) is 27.0 Å². The molecule has 2 rings (SSSR count). The van der Waals surface area contributed by atoms with E-state index in [9.17, 15) is 14.7 Å². The lowest BCUT2D eigenvalue weighted by Crippen LogP contribution is -2.36. The summed E-state index contributed by atoms with van der Waals surface area (Å²) in [5.74, 6) is 0. The number of azide groups is 1.